The summed E-state index contributed by atoms with van der Waals surface area (Å²) in [4.78, 5) is 13.7. The number of carbonyl (C=O) groups is 1. The van der Waals surface area contributed by atoms with E-state index in [-0.39, 0.29) is 5.91 Å². The number of nitrogens with two attached hydrogens (primary N) is 1. The predicted octanol–water partition coefficient (Wildman–Crippen LogP) is 1.87. The van der Waals surface area contributed by atoms with E-state index in [1.54, 1.807) is 0 Å². The molecule has 1 heterocycles. The maximum absolute atomic E-state index is 11.5. The van der Waals surface area contributed by atoms with Crippen molar-refractivity contribution in [2.75, 3.05) is 16.8 Å². The zero-order chi connectivity index (χ0) is 12.6. The van der Waals surface area contributed by atoms with Crippen molar-refractivity contribution in [1.82, 2.24) is 0 Å². The average Bonchev–Trinajstić information content (AvgIpc) is 2.55. The molecule has 4 nitrogen and oxygen atoms in total. The predicted molar refractivity (Wildman–Crippen MR) is 70.2 cm³/mol. The molecule has 0 spiro atoms. The van der Waals surface area contributed by atoms with Crippen LogP contribution in [0.15, 0.2) is 18.2 Å². The number of anilines is 2. The molecule has 0 saturated carbocycles. The third-order valence-corrected chi connectivity index (χ3v) is 3.21. The summed E-state index contributed by atoms with van der Waals surface area (Å²) in [6.07, 6.45) is 0. The van der Waals surface area contributed by atoms with Gasteiger partial charge < -0.3 is 16.0 Å². The van der Waals surface area contributed by atoms with Crippen LogP contribution in [0, 0.1) is 0 Å². The molecule has 0 aromatic heterocycles. The quantitative estimate of drug-likeness (QED) is 0.838. The lowest BCUT2D eigenvalue weighted by Gasteiger charge is -2.28. The molecule has 0 bridgehead atoms. The summed E-state index contributed by atoms with van der Waals surface area (Å²) in [6, 6.07) is 5.89. The van der Waals surface area contributed by atoms with Crippen LogP contribution in [0.25, 0.3) is 0 Å². The van der Waals surface area contributed by atoms with Gasteiger partial charge in [-0.2, -0.15) is 0 Å². The second-order valence-electron chi connectivity index (χ2n) is 4.62. The van der Waals surface area contributed by atoms with Crippen molar-refractivity contribution in [1.29, 1.82) is 0 Å². The van der Waals surface area contributed by atoms with Crippen LogP contribution in [0.5, 0.6) is 0 Å². The van der Waals surface area contributed by atoms with Crippen molar-refractivity contribution < 1.29 is 4.79 Å². The van der Waals surface area contributed by atoms with Crippen LogP contribution in [0.1, 0.15) is 32.4 Å². The van der Waals surface area contributed by atoms with Gasteiger partial charge in [0.2, 0.25) is 5.91 Å². The molecule has 1 aromatic carbocycles. The Morgan fingerprint density at radius 1 is 1.47 bits per heavy atom. The molecule has 1 aliphatic heterocycles. The van der Waals surface area contributed by atoms with Gasteiger partial charge in [-0.05, 0) is 32.9 Å². The third kappa shape index (κ3) is 2.00. The normalized spacial score (nSPS) is 18.2. The SMILES string of the molecule is CCN(c1ccc2c(c1)NC(=O)C2N)C(C)C. The van der Waals surface area contributed by atoms with Crippen LogP contribution in [0.3, 0.4) is 0 Å². The molecule has 1 aliphatic rings. The highest BCUT2D eigenvalue weighted by Crippen LogP contribution is 2.33. The van der Waals surface area contributed by atoms with Crippen molar-refractivity contribution in [3.8, 4) is 0 Å². The first-order valence-corrected chi connectivity index (χ1v) is 6.01. The molecule has 1 aromatic rings. The Bertz CT molecular complexity index is 442. The molecule has 4 heteroatoms. The Morgan fingerprint density at radius 2 is 2.18 bits per heavy atom. The Balaban J connectivity index is 2.35. The molecule has 0 saturated heterocycles. The van der Waals surface area contributed by atoms with E-state index in [4.69, 9.17) is 5.73 Å². The summed E-state index contributed by atoms with van der Waals surface area (Å²) in [5.41, 5.74) is 8.64. The number of fused-ring (bicyclic) bond motifs is 1. The molecular weight excluding hydrogens is 214 g/mol. The largest absolute Gasteiger partial charge is 0.369 e. The first-order valence-electron chi connectivity index (χ1n) is 6.01. The minimum atomic E-state index is -0.520. The van der Waals surface area contributed by atoms with Gasteiger partial charge in [0, 0.05) is 29.5 Å². The van der Waals surface area contributed by atoms with E-state index in [9.17, 15) is 4.79 Å². The van der Waals surface area contributed by atoms with Gasteiger partial charge in [-0.1, -0.05) is 6.07 Å². The summed E-state index contributed by atoms with van der Waals surface area (Å²) in [6.45, 7) is 7.37. The second kappa shape index (κ2) is 4.37. The van der Waals surface area contributed by atoms with Crippen LogP contribution in [-0.2, 0) is 4.79 Å². The van der Waals surface area contributed by atoms with Crippen LogP contribution in [-0.4, -0.2) is 18.5 Å². The molecule has 92 valence electrons. The van der Waals surface area contributed by atoms with E-state index in [1.165, 1.54) is 0 Å². The van der Waals surface area contributed by atoms with E-state index in [2.05, 4.69) is 31.0 Å². The van der Waals surface area contributed by atoms with E-state index < -0.39 is 6.04 Å². The molecular formula is C13H19N3O. The first kappa shape index (κ1) is 11.9. The van der Waals surface area contributed by atoms with Crippen LogP contribution >= 0.6 is 0 Å². The topological polar surface area (TPSA) is 58.4 Å². The molecule has 1 atom stereocenters. The summed E-state index contributed by atoms with van der Waals surface area (Å²) >= 11 is 0. The fraction of sp³-hybridized carbons (Fsp3) is 0.462. The van der Waals surface area contributed by atoms with Gasteiger partial charge in [0.15, 0.2) is 0 Å². The van der Waals surface area contributed by atoms with Gasteiger partial charge in [0.1, 0.15) is 6.04 Å². The molecule has 17 heavy (non-hydrogen) atoms. The highest BCUT2D eigenvalue weighted by atomic mass is 16.2. The van der Waals surface area contributed by atoms with Gasteiger partial charge in [0.05, 0.1) is 0 Å². The Hall–Kier alpha value is -1.55. The zero-order valence-electron chi connectivity index (χ0n) is 10.5. The minimum absolute atomic E-state index is 0.121. The molecule has 0 radical (unpaired) electrons. The van der Waals surface area contributed by atoms with Crippen LogP contribution in [0.2, 0.25) is 0 Å². The van der Waals surface area contributed by atoms with Gasteiger partial charge in [-0.3, -0.25) is 4.79 Å². The number of hydrogen-bond acceptors (Lipinski definition) is 3. The number of hydrogen-bond donors (Lipinski definition) is 2. The Kier molecular flexibility index (Phi) is 3.07. The lowest BCUT2D eigenvalue weighted by molar-refractivity contribution is -0.116. The lowest BCUT2D eigenvalue weighted by atomic mass is 10.1. The lowest BCUT2D eigenvalue weighted by Crippen LogP contribution is -2.30. The number of benzene rings is 1. The number of nitrogens with zero attached hydrogens (tertiary/aromatic N) is 1. The number of amides is 1. The second-order valence-corrected chi connectivity index (χ2v) is 4.62. The van der Waals surface area contributed by atoms with Crippen molar-refractivity contribution in [3.05, 3.63) is 23.8 Å². The summed E-state index contributed by atoms with van der Waals surface area (Å²) in [5.74, 6) is -0.121. The summed E-state index contributed by atoms with van der Waals surface area (Å²) in [7, 11) is 0. The summed E-state index contributed by atoms with van der Waals surface area (Å²) in [5, 5.41) is 2.81. The fourth-order valence-corrected chi connectivity index (χ4v) is 2.30. The fourth-order valence-electron chi connectivity index (χ4n) is 2.30. The van der Waals surface area contributed by atoms with Gasteiger partial charge in [-0.15, -0.1) is 0 Å². The molecule has 0 fully saturated rings. The third-order valence-electron chi connectivity index (χ3n) is 3.21. The molecule has 1 unspecified atom stereocenters. The maximum atomic E-state index is 11.5. The molecule has 0 aliphatic carbocycles. The first-order chi connectivity index (χ1) is 8.04. The maximum Gasteiger partial charge on any atom is 0.245 e. The monoisotopic (exact) mass is 233 g/mol. The number of nitrogens with one attached hydrogen (secondary N) is 1. The van der Waals surface area contributed by atoms with Gasteiger partial charge in [0.25, 0.3) is 0 Å². The average molecular weight is 233 g/mol. The standard InChI is InChI=1S/C13H19N3O/c1-4-16(8(2)3)9-5-6-10-11(7-9)15-13(17)12(10)14/h5-8,12H,4,14H2,1-3H3,(H,15,17). The van der Waals surface area contributed by atoms with E-state index in [0.717, 1.165) is 23.5 Å². The van der Waals surface area contributed by atoms with Crippen LogP contribution in [0.4, 0.5) is 11.4 Å². The smallest absolute Gasteiger partial charge is 0.245 e. The van der Waals surface area contributed by atoms with Crippen molar-refractivity contribution in [2.45, 2.75) is 32.9 Å². The highest BCUT2D eigenvalue weighted by Gasteiger charge is 2.27. The minimum Gasteiger partial charge on any atom is -0.369 e. The molecule has 3 N–H and O–H groups in total. The Labute approximate surface area is 102 Å². The highest BCUT2D eigenvalue weighted by molar-refractivity contribution is 6.02. The van der Waals surface area contributed by atoms with Crippen LogP contribution < -0.4 is 16.0 Å². The van der Waals surface area contributed by atoms with E-state index in [0.29, 0.717) is 6.04 Å². The number of rotatable bonds is 3. The Morgan fingerprint density at radius 3 is 2.76 bits per heavy atom. The van der Waals surface area contributed by atoms with Crippen molar-refractivity contribution >= 4 is 17.3 Å². The van der Waals surface area contributed by atoms with Crippen molar-refractivity contribution in [2.24, 2.45) is 5.73 Å². The summed E-state index contributed by atoms with van der Waals surface area (Å²) < 4.78 is 0. The molecule has 2 rings (SSSR count). The van der Waals surface area contributed by atoms with E-state index in [1.807, 2.05) is 18.2 Å². The van der Waals surface area contributed by atoms with Gasteiger partial charge >= 0.3 is 0 Å². The molecule has 1 amide bonds. The van der Waals surface area contributed by atoms with Crippen molar-refractivity contribution in [3.63, 3.8) is 0 Å². The number of carbonyl (C=O) groups excluding carboxylic acids is 1. The van der Waals surface area contributed by atoms with E-state index >= 15 is 0 Å². The zero-order valence-corrected chi connectivity index (χ0v) is 10.5. The van der Waals surface area contributed by atoms with Gasteiger partial charge in [-0.25, -0.2) is 0 Å².